The van der Waals surface area contributed by atoms with Gasteiger partial charge < -0.3 is 9.84 Å². The van der Waals surface area contributed by atoms with Crippen molar-refractivity contribution in [1.29, 1.82) is 0 Å². The number of rotatable bonds is 3. The Morgan fingerprint density at radius 1 is 1.46 bits per heavy atom. The van der Waals surface area contributed by atoms with E-state index < -0.39 is 5.97 Å². The van der Waals surface area contributed by atoms with Crippen LogP contribution in [0.1, 0.15) is 43.5 Å². The van der Waals surface area contributed by atoms with Gasteiger partial charge in [0.1, 0.15) is 10.5 Å². The van der Waals surface area contributed by atoms with Gasteiger partial charge in [-0.3, -0.25) is 4.90 Å². The Bertz CT molecular complexity index is 760. The van der Waals surface area contributed by atoms with Gasteiger partial charge in [-0.1, -0.05) is 0 Å². The highest BCUT2D eigenvalue weighted by Crippen LogP contribution is 2.45. The number of thiazole rings is 1. The first kappa shape index (κ1) is 16.2. The molecule has 0 bridgehead atoms. The van der Waals surface area contributed by atoms with Crippen LogP contribution in [-0.4, -0.2) is 40.7 Å². The number of fused-ring (bicyclic) bond motifs is 2. The first-order valence-corrected chi connectivity index (χ1v) is 9.89. The number of carboxylic acids is 1. The van der Waals surface area contributed by atoms with Crippen molar-refractivity contribution in [1.82, 2.24) is 9.88 Å². The van der Waals surface area contributed by atoms with Crippen molar-refractivity contribution >= 4 is 28.6 Å². The summed E-state index contributed by atoms with van der Waals surface area (Å²) in [5, 5.41) is 9.29. The molecule has 0 aliphatic carbocycles. The monoisotopic (exact) mass is 364 g/mol. The maximum Gasteiger partial charge on any atom is 0.345 e. The van der Waals surface area contributed by atoms with Crippen LogP contribution in [0.5, 0.6) is 0 Å². The number of nitrogens with zero attached hydrogens (tertiary/aromatic N) is 2. The van der Waals surface area contributed by atoms with Crippen LogP contribution in [0.15, 0.2) is 11.6 Å². The van der Waals surface area contributed by atoms with Crippen molar-refractivity contribution in [3.05, 3.63) is 37.5 Å². The van der Waals surface area contributed by atoms with Gasteiger partial charge in [-0.2, -0.15) is 0 Å². The van der Waals surface area contributed by atoms with Crippen LogP contribution < -0.4 is 0 Å². The van der Waals surface area contributed by atoms with E-state index >= 15 is 0 Å². The Kier molecular flexibility index (Phi) is 4.20. The molecule has 1 fully saturated rings. The molecule has 2 aliphatic rings. The van der Waals surface area contributed by atoms with Gasteiger partial charge in [0.25, 0.3) is 0 Å². The predicted octanol–water partition coefficient (Wildman–Crippen LogP) is 3.28. The number of aryl methyl sites for hydroxylation is 1. The summed E-state index contributed by atoms with van der Waals surface area (Å²) in [4.78, 5) is 21.0. The third kappa shape index (κ3) is 2.79. The van der Waals surface area contributed by atoms with E-state index in [1.165, 1.54) is 21.8 Å². The van der Waals surface area contributed by atoms with Crippen molar-refractivity contribution in [3.8, 4) is 0 Å². The van der Waals surface area contributed by atoms with E-state index in [-0.39, 0.29) is 5.60 Å². The Balaban J connectivity index is 1.51. The van der Waals surface area contributed by atoms with Gasteiger partial charge in [0.05, 0.1) is 17.8 Å². The SMILES string of the molecule is Cc1ncsc1CN1CCC2(CC1)OCCc1cc(C(=O)O)sc12. The molecule has 4 heterocycles. The highest BCUT2D eigenvalue weighted by atomic mass is 32.1. The van der Waals surface area contributed by atoms with Gasteiger partial charge >= 0.3 is 5.97 Å². The van der Waals surface area contributed by atoms with Gasteiger partial charge in [-0.25, -0.2) is 9.78 Å². The Morgan fingerprint density at radius 3 is 2.92 bits per heavy atom. The van der Waals surface area contributed by atoms with Gasteiger partial charge in [0.15, 0.2) is 0 Å². The zero-order valence-corrected chi connectivity index (χ0v) is 15.2. The maximum absolute atomic E-state index is 11.3. The minimum absolute atomic E-state index is 0.273. The molecule has 4 rings (SSSR count). The lowest BCUT2D eigenvalue weighted by Gasteiger charge is -2.43. The summed E-state index contributed by atoms with van der Waals surface area (Å²) in [6, 6.07) is 1.85. The van der Waals surface area contributed by atoms with Gasteiger partial charge in [0.2, 0.25) is 0 Å². The number of ether oxygens (including phenoxy) is 1. The second-order valence-electron chi connectivity index (χ2n) is 6.50. The Hall–Kier alpha value is -1.28. The molecule has 0 radical (unpaired) electrons. The lowest BCUT2D eigenvalue weighted by atomic mass is 9.85. The second kappa shape index (κ2) is 6.22. The zero-order chi connectivity index (χ0) is 16.7. The fourth-order valence-corrected chi connectivity index (χ4v) is 5.72. The summed E-state index contributed by atoms with van der Waals surface area (Å²) in [6.45, 7) is 5.64. The number of hydrogen-bond acceptors (Lipinski definition) is 6. The quantitative estimate of drug-likeness (QED) is 0.906. The third-order valence-electron chi connectivity index (χ3n) is 5.06. The molecule has 2 aromatic heterocycles. The summed E-state index contributed by atoms with van der Waals surface area (Å²) >= 11 is 3.12. The van der Waals surface area contributed by atoms with E-state index in [1.807, 2.05) is 11.6 Å². The molecule has 0 aromatic carbocycles. The summed E-state index contributed by atoms with van der Waals surface area (Å²) in [6.07, 6.45) is 2.68. The van der Waals surface area contributed by atoms with E-state index in [0.717, 1.165) is 49.5 Å². The fourth-order valence-electron chi connectivity index (χ4n) is 3.65. The normalized spacial score (nSPS) is 20.2. The molecule has 0 saturated carbocycles. The molecular formula is C17H20N2O3S2. The van der Waals surface area contributed by atoms with Gasteiger partial charge in [-0.05, 0) is 37.8 Å². The summed E-state index contributed by atoms with van der Waals surface area (Å²) in [7, 11) is 0. The molecule has 1 spiro atoms. The van der Waals surface area contributed by atoms with E-state index in [9.17, 15) is 9.90 Å². The second-order valence-corrected chi connectivity index (χ2v) is 8.49. The highest BCUT2D eigenvalue weighted by molar-refractivity contribution is 7.14. The van der Waals surface area contributed by atoms with Crippen LogP contribution >= 0.6 is 22.7 Å². The standard InChI is InChI=1S/C17H20N2O3S2/c1-11-14(23-10-18-11)9-19-5-3-17(4-6-19)15-12(2-7-22-17)8-13(24-15)16(20)21/h8,10H,2-7,9H2,1H3,(H,20,21). The van der Waals surface area contributed by atoms with Gasteiger partial charge in [-0.15, -0.1) is 22.7 Å². The molecule has 24 heavy (non-hydrogen) atoms. The lowest BCUT2D eigenvalue weighted by Crippen LogP contribution is -2.45. The van der Waals surface area contributed by atoms with E-state index in [4.69, 9.17) is 4.74 Å². The molecular weight excluding hydrogens is 344 g/mol. The fraction of sp³-hybridized carbons (Fsp3) is 0.529. The van der Waals surface area contributed by atoms with Crippen LogP contribution in [0.4, 0.5) is 0 Å². The number of thiophene rings is 1. The highest BCUT2D eigenvalue weighted by Gasteiger charge is 2.42. The summed E-state index contributed by atoms with van der Waals surface area (Å²) in [5.41, 5.74) is 3.94. The Labute approximate surface area is 148 Å². The Morgan fingerprint density at radius 2 is 2.25 bits per heavy atom. The molecule has 0 atom stereocenters. The summed E-state index contributed by atoms with van der Waals surface area (Å²) < 4.78 is 6.21. The van der Waals surface area contributed by atoms with Crippen molar-refractivity contribution in [3.63, 3.8) is 0 Å². The van der Waals surface area contributed by atoms with Crippen molar-refractivity contribution in [2.24, 2.45) is 0 Å². The lowest BCUT2D eigenvalue weighted by molar-refractivity contribution is -0.0960. The topological polar surface area (TPSA) is 62.7 Å². The largest absolute Gasteiger partial charge is 0.477 e. The number of likely N-dealkylation sites (tertiary alicyclic amines) is 1. The van der Waals surface area contributed by atoms with Crippen LogP contribution in [-0.2, 0) is 23.3 Å². The number of hydrogen-bond donors (Lipinski definition) is 1. The molecule has 7 heteroatoms. The van der Waals surface area contributed by atoms with E-state index in [2.05, 4.69) is 16.8 Å². The summed E-state index contributed by atoms with van der Waals surface area (Å²) in [5.74, 6) is -0.831. The first-order chi connectivity index (χ1) is 11.6. The average Bonchev–Trinajstić information content (AvgIpc) is 3.18. The number of aromatic nitrogens is 1. The minimum atomic E-state index is -0.831. The smallest absolute Gasteiger partial charge is 0.345 e. The van der Waals surface area contributed by atoms with Crippen molar-refractivity contribution < 1.29 is 14.6 Å². The van der Waals surface area contributed by atoms with Crippen molar-refractivity contribution in [2.75, 3.05) is 19.7 Å². The van der Waals surface area contributed by atoms with E-state index in [0.29, 0.717) is 11.5 Å². The first-order valence-electron chi connectivity index (χ1n) is 8.19. The van der Waals surface area contributed by atoms with Crippen LogP contribution in [0.3, 0.4) is 0 Å². The predicted molar refractivity (Wildman–Crippen MR) is 94.0 cm³/mol. The van der Waals surface area contributed by atoms with Crippen LogP contribution in [0.2, 0.25) is 0 Å². The molecule has 0 amide bonds. The maximum atomic E-state index is 11.3. The van der Waals surface area contributed by atoms with E-state index in [1.54, 1.807) is 11.3 Å². The van der Waals surface area contributed by atoms with Crippen LogP contribution in [0.25, 0.3) is 0 Å². The molecule has 2 aromatic rings. The van der Waals surface area contributed by atoms with Crippen LogP contribution in [0, 0.1) is 6.92 Å². The average molecular weight is 364 g/mol. The number of carbonyl (C=O) groups is 1. The number of piperidine rings is 1. The van der Waals surface area contributed by atoms with Gasteiger partial charge in [0, 0.05) is 29.4 Å². The molecule has 1 N–H and O–H groups in total. The molecule has 5 nitrogen and oxygen atoms in total. The zero-order valence-electron chi connectivity index (χ0n) is 13.6. The number of carboxylic acid groups (broad SMARTS) is 1. The molecule has 1 saturated heterocycles. The third-order valence-corrected chi connectivity index (χ3v) is 7.33. The molecule has 128 valence electrons. The van der Waals surface area contributed by atoms with Crippen molar-refractivity contribution in [2.45, 2.75) is 38.3 Å². The number of aromatic carboxylic acids is 1. The molecule has 0 unspecified atom stereocenters. The molecule has 2 aliphatic heterocycles. The minimum Gasteiger partial charge on any atom is -0.477 e.